The predicted octanol–water partition coefficient (Wildman–Crippen LogP) is 3.35. The zero-order chi connectivity index (χ0) is 15.6. The van der Waals surface area contributed by atoms with Gasteiger partial charge in [-0.1, -0.05) is 6.92 Å². The second-order valence-electron chi connectivity index (χ2n) is 5.18. The summed E-state index contributed by atoms with van der Waals surface area (Å²) >= 11 is 10.5. The number of thiophene rings is 1. The lowest BCUT2D eigenvalue weighted by molar-refractivity contribution is 0.142. The second-order valence-corrected chi connectivity index (χ2v) is 9.81. The van der Waals surface area contributed by atoms with Crippen LogP contribution in [0, 0.1) is 0 Å². The minimum atomic E-state index is -3.43. The molecule has 1 aliphatic rings. The normalized spacial score (nSPS) is 19.8. The van der Waals surface area contributed by atoms with Crippen molar-refractivity contribution in [3.05, 3.63) is 14.7 Å². The van der Waals surface area contributed by atoms with E-state index in [1.54, 1.807) is 10.4 Å². The number of nitrogens with zero attached hydrogens (tertiary/aromatic N) is 2. The van der Waals surface area contributed by atoms with Crippen LogP contribution in [0.15, 0.2) is 14.7 Å². The number of hydrogen-bond donors (Lipinski definition) is 0. The third kappa shape index (κ3) is 3.82. The molecule has 1 atom stereocenters. The Labute approximate surface area is 144 Å². The van der Waals surface area contributed by atoms with Gasteiger partial charge in [-0.3, -0.25) is 4.90 Å². The van der Waals surface area contributed by atoms with Crippen LogP contribution in [0.3, 0.4) is 0 Å². The molecule has 0 aliphatic carbocycles. The molecule has 8 heteroatoms. The molecule has 1 aromatic heterocycles. The highest BCUT2D eigenvalue weighted by Gasteiger charge is 2.31. The Morgan fingerprint density at radius 3 is 2.48 bits per heavy atom. The Bertz CT molecular complexity index is 583. The van der Waals surface area contributed by atoms with Gasteiger partial charge >= 0.3 is 0 Å². The molecule has 21 heavy (non-hydrogen) atoms. The third-order valence-electron chi connectivity index (χ3n) is 3.94. The molecule has 0 bridgehead atoms. The van der Waals surface area contributed by atoms with E-state index >= 15 is 0 Å². The fourth-order valence-electron chi connectivity index (χ4n) is 2.42. The van der Waals surface area contributed by atoms with Crippen LogP contribution in [0.1, 0.15) is 25.1 Å². The van der Waals surface area contributed by atoms with Gasteiger partial charge < -0.3 is 0 Å². The van der Waals surface area contributed by atoms with Crippen LogP contribution in [0.4, 0.5) is 0 Å². The van der Waals surface area contributed by atoms with Crippen molar-refractivity contribution in [3.63, 3.8) is 0 Å². The lowest BCUT2D eigenvalue weighted by Crippen LogP contribution is -2.51. The van der Waals surface area contributed by atoms with Crippen LogP contribution in [0.25, 0.3) is 0 Å². The van der Waals surface area contributed by atoms with Crippen LogP contribution < -0.4 is 0 Å². The van der Waals surface area contributed by atoms with Crippen LogP contribution in [0.2, 0.25) is 0 Å². The fourth-order valence-corrected chi connectivity index (χ4v) is 6.57. The highest BCUT2D eigenvalue weighted by atomic mass is 79.9. The van der Waals surface area contributed by atoms with E-state index in [1.165, 1.54) is 11.3 Å². The number of piperazine rings is 1. The molecule has 1 fully saturated rings. The standard InChI is InChI=1S/C13H20BrClN2O2S2/c1-3-10(2)16-4-6-17(7-5-16)21(18,19)12-8-11(9-15)20-13(12)14/h8,10H,3-7,9H2,1-2H3. The van der Waals surface area contributed by atoms with E-state index in [0.717, 1.165) is 24.4 Å². The molecule has 1 saturated heterocycles. The molecule has 0 aromatic carbocycles. The summed E-state index contributed by atoms with van der Waals surface area (Å²) in [6.07, 6.45) is 1.09. The molecule has 2 heterocycles. The first-order valence-corrected chi connectivity index (χ1v) is 10.6. The molecule has 0 saturated carbocycles. The molecule has 0 radical (unpaired) electrons. The molecule has 2 rings (SSSR count). The minimum Gasteiger partial charge on any atom is -0.298 e. The van der Waals surface area contributed by atoms with E-state index in [1.807, 2.05) is 0 Å². The summed E-state index contributed by atoms with van der Waals surface area (Å²) < 4.78 is 27.7. The number of rotatable bonds is 5. The summed E-state index contributed by atoms with van der Waals surface area (Å²) in [5.41, 5.74) is 0. The number of alkyl halides is 1. The summed E-state index contributed by atoms with van der Waals surface area (Å²) in [4.78, 5) is 3.55. The summed E-state index contributed by atoms with van der Waals surface area (Å²) in [5, 5.41) is 0. The fraction of sp³-hybridized carbons (Fsp3) is 0.692. The Hall–Kier alpha value is 0.340. The van der Waals surface area contributed by atoms with E-state index in [0.29, 0.717) is 33.7 Å². The van der Waals surface area contributed by atoms with Crippen molar-refractivity contribution in [1.82, 2.24) is 9.21 Å². The lowest BCUT2D eigenvalue weighted by Gasteiger charge is -2.37. The van der Waals surface area contributed by atoms with Crippen molar-refractivity contribution < 1.29 is 8.42 Å². The van der Waals surface area contributed by atoms with E-state index in [4.69, 9.17) is 11.6 Å². The third-order valence-corrected chi connectivity index (χ3v) is 8.54. The monoisotopic (exact) mass is 414 g/mol. The van der Waals surface area contributed by atoms with E-state index in [9.17, 15) is 8.42 Å². The van der Waals surface area contributed by atoms with Gasteiger partial charge in [0.15, 0.2) is 0 Å². The van der Waals surface area contributed by atoms with Crippen molar-refractivity contribution in [2.75, 3.05) is 26.2 Å². The molecule has 1 aliphatic heterocycles. The molecule has 4 nitrogen and oxygen atoms in total. The van der Waals surface area contributed by atoms with Gasteiger partial charge in [-0.05, 0) is 35.3 Å². The van der Waals surface area contributed by atoms with Gasteiger partial charge in [0.1, 0.15) is 4.90 Å². The topological polar surface area (TPSA) is 40.6 Å². The van der Waals surface area contributed by atoms with E-state index in [2.05, 4.69) is 34.7 Å². The first-order valence-electron chi connectivity index (χ1n) is 6.98. The van der Waals surface area contributed by atoms with Crippen molar-refractivity contribution >= 4 is 48.9 Å². The first kappa shape index (κ1) is 17.7. The largest absolute Gasteiger partial charge is 0.298 e. The number of halogens is 2. The zero-order valence-electron chi connectivity index (χ0n) is 12.2. The average molecular weight is 416 g/mol. The maximum Gasteiger partial charge on any atom is 0.245 e. The Morgan fingerprint density at radius 2 is 2.00 bits per heavy atom. The average Bonchev–Trinajstić information content (AvgIpc) is 2.88. The van der Waals surface area contributed by atoms with Crippen molar-refractivity contribution in [1.29, 1.82) is 0 Å². The highest BCUT2D eigenvalue weighted by molar-refractivity contribution is 9.11. The van der Waals surface area contributed by atoms with Crippen molar-refractivity contribution in [2.45, 2.75) is 37.1 Å². The molecule has 0 spiro atoms. The van der Waals surface area contributed by atoms with Gasteiger partial charge in [-0.25, -0.2) is 8.42 Å². The van der Waals surface area contributed by atoms with Gasteiger partial charge in [0.05, 0.1) is 9.67 Å². The van der Waals surface area contributed by atoms with Crippen LogP contribution in [0.5, 0.6) is 0 Å². The van der Waals surface area contributed by atoms with E-state index in [-0.39, 0.29) is 0 Å². The minimum absolute atomic E-state index is 0.334. The zero-order valence-corrected chi connectivity index (χ0v) is 16.2. The Morgan fingerprint density at radius 1 is 1.38 bits per heavy atom. The van der Waals surface area contributed by atoms with E-state index < -0.39 is 10.0 Å². The highest BCUT2D eigenvalue weighted by Crippen LogP contribution is 2.34. The second kappa shape index (κ2) is 7.27. The Kier molecular flexibility index (Phi) is 6.13. The Balaban J connectivity index is 2.13. The molecule has 0 N–H and O–H groups in total. The van der Waals surface area contributed by atoms with Crippen molar-refractivity contribution in [3.8, 4) is 0 Å². The predicted molar refractivity (Wildman–Crippen MR) is 91.7 cm³/mol. The maximum atomic E-state index is 12.7. The van der Waals surface area contributed by atoms with Gasteiger partial charge in [0.25, 0.3) is 0 Å². The van der Waals surface area contributed by atoms with Crippen LogP contribution >= 0.6 is 38.9 Å². The summed E-state index contributed by atoms with van der Waals surface area (Å²) in [6.45, 7) is 7.02. The molecular weight excluding hydrogens is 396 g/mol. The number of hydrogen-bond acceptors (Lipinski definition) is 4. The number of sulfonamides is 1. The molecule has 120 valence electrons. The molecular formula is C13H20BrClN2O2S2. The molecule has 1 aromatic rings. The van der Waals surface area contributed by atoms with Crippen LogP contribution in [-0.2, 0) is 15.9 Å². The van der Waals surface area contributed by atoms with Gasteiger partial charge in [0.2, 0.25) is 10.0 Å². The quantitative estimate of drug-likeness (QED) is 0.692. The summed E-state index contributed by atoms with van der Waals surface area (Å²) in [5.74, 6) is 0.334. The molecule has 1 unspecified atom stereocenters. The van der Waals surface area contributed by atoms with Crippen molar-refractivity contribution in [2.24, 2.45) is 0 Å². The van der Waals surface area contributed by atoms with Gasteiger partial charge in [-0.15, -0.1) is 22.9 Å². The maximum absolute atomic E-state index is 12.7. The van der Waals surface area contributed by atoms with Crippen LogP contribution in [-0.4, -0.2) is 49.8 Å². The lowest BCUT2D eigenvalue weighted by atomic mass is 10.2. The van der Waals surface area contributed by atoms with Gasteiger partial charge in [0, 0.05) is 37.1 Å². The first-order chi connectivity index (χ1) is 9.90. The summed E-state index contributed by atoms with van der Waals surface area (Å²) in [7, 11) is -3.43. The molecule has 0 amide bonds. The van der Waals surface area contributed by atoms with Gasteiger partial charge in [-0.2, -0.15) is 4.31 Å². The smallest absolute Gasteiger partial charge is 0.245 e. The SMILES string of the molecule is CCC(C)N1CCN(S(=O)(=O)c2cc(CCl)sc2Br)CC1. The summed E-state index contributed by atoms with van der Waals surface area (Å²) in [6, 6.07) is 2.18.